The summed E-state index contributed by atoms with van der Waals surface area (Å²) in [6, 6.07) is 15.1. The molecule has 0 aliphatic heterocycles. The molecule has 2 aromatic carbocycles. The lowest BCUT2D eigenvalue weighted by Gasteiger charge is -2.27. The van der Waals surface area contributed by atoms with Crippen molar-refractivity contribution in [3.05, 3.63) is 70.2 Å². The zero-order valence-electron chi connectivity index (χ0n) is 11.9. The molecule has 0 aliphatic rings. The highest BCUT2D eigenvalue weighted by Crippen LogP contribution is 2.22. The van der Waals surface area contributed by atoms with Crippen LogP contribution in [0.5, 0.6) is 0 Å². The predicted octanol–water partition coefficient (Wildman–Crippen LogP) is 4.31. The summed E-state index contributed by atoms with van der Waals surface area (Å²) in [4.78, 5) is 12.4. The molecular formula is C17H18ClNO. The molecule has 0 saturated carbocycles. The summed E-state index contributed by atoms with van der Waals surface area (Å²) in [7, 11) is 0. The van der Waals surface area contributed by atoms with Crippen molar-refractivity contribution in [2.24, 2.45) is 0 Å². The van der Waals surface area contributed by atoms with Gasteiger partial charge in [0.15, 0.2) is 0 Å². The summed E-state index contributed by atoms with van der Waals surface area (Å²) >= 11 is 5.90. The first-order valence-electron chi connectivity index (χ1n) is 6.54. The molecule has 1 N–H and O–H groups in total. The first-order chi connectivity index (χ1) is 9.40. The van der Waals surface area contributed by atoms with Gasteiger partial charge in [0.05, 0.1) is 5.54 Å². The van der Waals surface area contributed by atoms with Gasteiger partial charge >= 0.3 is 0 Å². The number of carbonyl (C=O) groups excluding carboxylic acids is 1. The summed E-state index contributed by atoms with van der Waals surface area (Å²) in [5.41, 5.74) is 2.24. The molecule has 2 rings (SSSR count). The van der Waals surface area contributed by atoms with Crippen LogP contribution in [0.1, 0.15) is 35.3 Å². The Morgan fingerprint density at radius 1 is 1.05 bits per heavy atom. The fourth-order valence-corrected chi connectivity index (χ4v) is 2.24. The molecule has 0 saturated heterocycles. The molecule has 0 atom stereocenters. The first-order valence-corrected chi connectivity index (χ1v) is 6.92. The smallest absolute Gasteiger partial charge is 0.252 e. The van der Waals surface area contributed by atoms with Crippen LogP contribution >= 0.6 is 11.6 Å². The van der Waals surface area contributed by atoms with Crippen LogP contribution in [0.4, 0.5) is 0 Å². The molecular weight excluding hydrogens is 270 g/mol. The molecule has 1 amide bonds. The Morgan fingerprint density at radius 2 is 1.65 bits per heavy atom. The zero-order valence-corrected chi connectivity index (χ0v) is 12.7. The van der Waals surface area contributed by atoms with E-state index in [1.165, 1.54) is 0 Å². The highest BCUT2D eigenvalue weighted by Gasteiger charge is 2.23. The van der Waals surface area contributed by atoms with Gasteiger partial charge in [0.2, 0.25) is 0 Å². The number of amides is 1. The second-order valence-corrected chi connectivity index (χ2v) is 5.84. The van der Waals surface area contributed by atoms with Crippen molar-refractivity contribution in [1.82, 2.24) is 5.32 Å². The highest BCUT2D eigenvalue weighted by molar-refractivity contribution is 6.30. The fourth-order valence-electron chi connectivity index (χ4n) is 2.12. The fraction of sp³-hybridized carbons (Fsp3) is 0.235. The van der Waals surface area contributed by atoms with E-state index in [9.17, 15) is 4.79 Å². The summed E-state index contributed by atoms with van der Waals surface area (Å²) in [6.45, 7) is 5.89. The summed E-state index contributed by atoms with van der Waals surface area (Å²) in [5, 5.41) is 3.76. The second-order valence-electron chi connectivity index (χ2n) is 5.40. The van der Waals surface area contributed by atoms with Crippen LogP contribution in [0.2, 0.25) is 5.02 Å². The van der Waals surface area contributed by atoms with Crippen molar-refractivity contribution >= 4 is 17.5 Å². The van der Waals surface area contributed by atoms with Crippen LogP contribution in [0.25, 0.3) is 0 Å². The van der Waals surface area contributed by atoms with E-state index in [4.69, 9.17) is 11.6 Å². The quantitative estimate of drug-likeness (QED) is 0.895. The van der Waals surface area contributed by atoms with Gasteiger partial charge in [-0.15, -0.1) is 0 Å². The van der Waals surface area contributed by atoms with E-state index < -0.39 is 5.54 Å². The maximum atomic E-state index is 12.4. The first kappa shape index (κ1) is 14.6. The van der Waals surface area contributed by atoms with Gasteiger partial charge in [-0.3, -0.25) is 4.79 Å². The molecule has 0 bridgehead atoms. The molecule has 0 heterocycles. The Bertz CT molecular complexity index is 617. The van der Waals surface area contributed by atoms with Gasteiger partial charge in [0, 0.05) is 10.6 Å². The van der Waals surface area contributed by atoms with E-state index in [-0.39, 0.29) is 5.91 Å². The third-order valence-electron chi connectivity index (χ3n) is 3.38. The topological polar surface area (TPSA) is 29.1 Å². The van der Waals surface area contributed by atoms with Gasteiger partial charge in [-0.05, 0) is 50.1 Å². The number of aryl methyl sites for hydroxylation is 1. The molecule has 3 heteroatoms. The zero-order chi connectivity index (χ0) is 14.8. The van der Waals surface area contributed by atoms with Crippen molar-refractivity contribution in [2.75, 3.05) is 0 Å². The largest absolute Gasteiger partial charge is 0.343 e. The third-order valence-corrected chi connectivity index (χ3v) is 3.63. The van der Waals surface area contributed by atoms with Gasteiger partial charge in [-0.25, -0.2) is 0 Å². The monoisotopic (exact) mass is 287 g/mol. The molecule has 2 aromatic rings. The van der Waals surface area contributed by atoms with Gasteiger partial charge in [-0.2, -0.15) is 0 Å². The van der Waals surface area contributed by atoms with Gasteiger partial charge in [0.25, 0.3) is 5.91 Å². The van der Waals surface area contributed by atoms with Gasteiger partial charge in [-0.1, -0.05) is 41.9 Å². The normalized spacial score (nSPS) is 11.2. The molecule has 2 nitrogen and oxygen atoms in total. The number of rotatable bonds is 3. The minimum Gasteiger partial charge on any atom is -0.343 e. The van der Waals surface area contributed by atoms with Crippen LogP contribution in [0.3, 0.4) is 0 Å². The maximum Gasteiger partial charge on any atom is 0.252 e. The molecule has 20 heavy (non-hydrogen) atoms. The van der Waals surface area contributed by atoms with Gasteiger partial charge in [0.1, 0.15) is 0 Å². The Hall–Kier alpha value is -1.80. The number of nitrogens with one attached hydrogen (secondary N) is 1. The average molecular weight is 288 g/mol. The highest BCUT2D eigenvalue weighted by atomic mass is 35.5. The lowest BCUT2D eigenvalue weighted by molar-refractivity contribution is 0.0911. The number of benzene rings is 2. The average Bonchev–Trinajstić information content (AvgIpc) is 2.39. The number of hydrogen-bond donors (Lipinski definition) is 1. The van der Waals surface area contributed by atoms with Crippen molar-refractivity contribution < 1.29 is 4.79 Å². The number of carbonyl (C=O) groups is 1. The molecule has 0 aliphatic carbocycles. The minimum atomic E-state index is -0.454. The van der Waals surface area contributed by atoms with E-state index in [2.05, 4.69) is 5.32 Å². The Kier molecular flexibility index (Phi) is 4.15. The molecule has 0 aromatic heterocycles. The Labute approximate surface area is 124 Å². The predicted molar refractivity (Wildman–Crippen MR) is 83.1 cm³/mol. The van der Waals surface area contributed by atoms with Crippen LogP contribution in [-0.4, -0.2) is 5.91 Å². The van der Waals surface area contributed by atoms with Gasteiger partial charge < -0.3 is 5.32 Å². The standard InChI is InChI=1S/C17H18ClNO/c1-12-6-4-5-7-15(12)16(20)19-17(2,3)13-8-10-14(18)11-9-13/h4-11H,1-3H3,(H,19,20). The summed E-state index contributed by atoms with van der Waals surface area (Å²) < 4.78 is 0. The van der Waals surface area contributed by atoms with Crippen molar-refractivity contribution in [3.8, 4) is 0 Å². The van der Waals surface area contributed by atoms with Crippen molar-refractivity contribution in [1.29, 1.82) is 0 Å². The summed E-state index contributed by atoms with van der Waals surface area (Å²) in [5.74, 6) is -0.0666. The van der Waals surface area contributed by atoms with E-state index in [1.54, 1.807) is 0 Å². The maximum absolute atomic E-state index is 12.4. The van der Waals surface area contributed by atoms with E-state index >= 15 is 0 Å². The molecule has 0 radical (unpaired) electrons. The van der Waals surface area contributed by atoms with Crippen molar-refractivity contribution in [2.45, 2.75) is 26.3 Å². The summed E-state index contributed by atoms with van der Waals surface area (Å²) in [6.07, 6.45) is 0. The Morgan fingerprint density at radius 3 is 2.25 bits per heavy atom. The SMILES string of the molecule is Cc1ccccc1C(=O)NC(C)(C)c1ccc(Cl)cc1. The molecule has 0 spiro atoms. The van der Waals surface area contributed by atoms with E-state index in [0.717, 1.165) is 11.1 Å². The molecule has 104 valence electrons. The van der Waals surface area contributed by atoms with Crippen LogP contribution < -0.4 is 5.32 Å². The Balaban J connectivity index is 2.22. The molecule has 0 unspecified atom stereocenters. The third kappa shape index (κ3) is 3.20. The number of hydrogen-bond acceptors (Lipinski definition) is 1. The van der Waals surface area contributed by atoms with Crippen molar-refractivity contribution in [3.63, 3.8) is 0 Å². The second kappa shape index (κ2) is 5.68. The van der Waals surface area contributed by atoms with E-state index in [1.807, 2.05) is 69.3 Å². The van der Waals surface area contributed by atoms with E-state index in [0.29, 0.717) is 10.6 Å². The minimum absolute atomic E-state index is 0.0666. The van der Waals surface area contributed by atoms with Crippen LogP contribution in [0, 0.1) is 6.92 Å². The van der Waals surface area contributed by atoms with Crippen LogP contribution in [0.15, 0.2) is 48.5 Å². The lowest BCUT2D eigenvalue weighted by Crippen LogP contribution is -2.41. The van der Waals surface area contributed by atoms with Crippen LogP contribution in [-0.2, 0) is 5.54 Å². The number of halogens is 1. The molecule has 0 fully saturated rings. The lowest BCUT2D eigenvalue weighted by atomic mass is 9.93.